The second kappa shape index (κ2) is 32.1. The number of amides is 9. The molecule has 420 valence electrons. The number of nitrogens with one attached hydrogen (secondary N) is 7. The topological polar surface area (TPSA) is 397 Å². The van der Waals surface area contributed by atoms with E-state index in [2.05, 4.69) is 37.2 Å². The minimum absolute atomic E-state index is 0.0198. The number of aliphatic hydroxyl groups excluding tert-OH is 1. The Hall–Kier alpha value is -6.40. The quantitative estimate of drug-likeness (QED) is 0.0721. The van der Waals surface area contributed by atoms with Crippen molar-refractivity contribution in [2.24, 2.45) is 17.4 Å². The Balaban J connectivity index is 0.00000256. The van der Waals surface area contributed by atoms with Crippen LogP contribution in [0.5, 0.6) is 5.75 Å². The van der Waals surface area contributed by atoms with E-state index in [1.54, 1.807) is 38.1 Å². The monoisotopic (exact) mass is 1110 g/mol. The molecule has 9 amide bonds. The third-order valence-electron chi connectivity index (χ3n) is 11.4. The first-order valence-corrected chi connectivity index (χ1v) is 26.3. The number of hydrogen-bond acceptors (Lipinski definition) is 16. The van der Waals surface area contributed by atoms with Crippen molar-refractivity contribution in [2.75, 3.05) is 37.7 Å². The van der Waals surface area contributed by atoms with E-state index in [4.69, 9.17) is 31.2 Å². The fourth-order valence-corrected chi connectivity index (χ4v) is 9.43. The van der Waals surface area contributed by atoms with E-state index in [-0.39, 0.29) is 50.3 Å². The van der Waals surface area contributed by atoms with E-state index in [0.29, 0.717) is 37.2 Å². The van der Waals surface area contributed by atoms with Gasteiger partial charge in [0.1, 0.15) is 54.6 Å². The number of alkyl halides is 3. The number of carboxylic acid groups (broad SMARTS) is 2. The number of aliphatic hydroxyl groups is 1. The minimum atomic E-state index is -5.08. The van der Waals surface area contributed by atoms with Gasteiger partial charge in [0.05, 0.1) is 19.1 Å². The molecule has 0 aromatic heterocycles. The van der Waals surface area contributed by atoms with Gasteiger partial charge in [-0.25, -0.2) is 4.79 Å². The first-order chi connectivity index (χ1) is 35.2. The van der Waals surface area contributed by atoms with Gasteiger partial charge < -0.3 is 73.6 Å². The number of benzene rings is 1. The molecule has 0 radical (unpaired) electrons. The molecule has 30 heteroatoms. The Kier molecular flexibility index (Phi) is 27.7. The molecule has 2 saturated heterocycles. The van der Waals surface area contributed by atoms with Gasteiger partial charge in [-0.1, -0.05) is 54.0 Å². The zero-order valence-electron chi connectivity index (χ0n) is 41.7. The average molecular weight is 1110 g/mol. The number of ether oxygens (including phenoxy) is 1. The van der Waals surface area contributed by atoms with Gasteiger partial charge in [-0.15, -0.1) is 0 Å². The van der Waals surface area contributed by atoms with E-state index >= 15 is 0 Å². The smallest absolute Gasteiger partial charge is 0.490 e. The molecule has 2 heterocycles. The Bertz CT molecular complexity index is 2160. The molecule has 2 aliphatic rings. The normalized spacial score (nSPS) is 22.6. The van der Waals surface area contributed by atoms with Crippen LogP contribution in [0.15, 0.2) is 24.3 Å². The van der Waals surface area contributed by atoms with E-state index in [1.807, 2.05) is 6.92 Å². The third kappa shape index (κ3) is 22.5. The lowest BCUT2D eigenvalue weighted by atomic mass is 9.96. The minimum Gasteiger partial charge on any atom is -0.494 e. The molecule has 25 nitrogen and oxygen atoms in total. The Labute approximate surface area is 437 Å². The summed E-state index contributed by atoms with van der Waals surface area (Å²) in [4.78, 5) is 144. The zero-order chi connectivity index (χ0) is 56.6. The SMILES string of the molecule is CCOc1ccc(C[C@H]2NC(=O)CCSSC[C@@H](C(=O)N3CCC[C@H]3C(=O)N[C@@H](CCCN)C(=O)NCC(=O)O)NC(=O)[C@H](CC(N)=O)NC(=O)[C@H]([C@@H](C)O)NC(=O)[C@H]([C@@H](C)CC)NC2=O)cc1.O=C(O)C(F)(F)F. The Morgan fingerprint density at radius 1 is 0.880 bits per heavy atom. The molecule has 14 N–H and O–H groups in total. The lowest BCUT2D eigenvalue weighted by molar-refractivity contribution is -0.192. The second-order valence-electron chi connectivity index (χ2n) is 17.2. The number of primary amides is 1. The number of carbonyl (C=O) groups is 11. The van der Waals surface area contributed by atoms with Crippen LogP contribution in [0, 0.1) is 5.92 Å². The molecule has 0 saturated carbocycles. The van der Waals surface area contributed by atoms with Crippen LogP contribution in [0.4, 0.5) is 13.2 Å². The molecule has 9 atom stereocenters. The molecule has 1 aromatic rings. The molecule has 75 heavy (non-hydrogen) atoms. The van der Waals surface area contributed by atoms with Gasteiger partial charge in [-0.05, 0) is 69.7 Å². The summed E-state index contributed by atoms with van der Waals surface area (Å²) in [5.41, 5.74) is 11.8. The van der Waals surface area contributed by atoms with Crippen molar-refractivity contribution in [3.05, 3.63) is 29.8 Å². The van der Waals surface area contributed by atoms with Crippen LogP contribution >= 0.6 is 21.6 Å². The van der Waals surface area contributed by atoms with Gasteiger partial charge >= 0.3 is 18.1 Å². The highest BCUT2D eigenvalue weighted by atomic mass is 33.1. The number of rotatable bonds is 18. The number of hydrogen-bond donors (Lipinski definition) is 12. The van der Waals surface area contributed by atoms with Crippen LogP contribution in [-0.4, -0.2) is 178 Å². The fourth-order valence-electron chi connectivity index (χ4n) is 7.28. The van der Waals surface area contributed by atoms with E-state index in [0.717, 1.165) is 21.6 Å². The number of aliphatic carboxylic acids is 2. The number of nitrogens with two attached hydrogens (primary N) is 2. The van der Waals surface area contributed by atoms with E-state index in [1.165, 1.54) is 11.8 Å². The molecule has 3 rings (SSSR count). The lowest BCUT2D eigenvalue weighted by Crippen LogP contribution is -2.63. The van der Waals surface area contributed by atoms with Gasteiger partial charge in [0.25, 0.3) is 0 Å². The molecule has 2 fully saturated rings. The lowest BCUT2D eigenvalue weighted by Gasteiger charge is -2.31. The number of likely N-dealkylation sites (tertiary alicyclic amines) is 1. The summed E-state index contributed by atoms with van der Waals surface area (Å²) in [6.07, 6.45) is -6.28. The Morgan fingerprint density at radius 2 is 1.49 bits per heavy atom. The van der Waals surface area contributed by atoms with Crippen molar-refractivity contribution in [2.45, 2.75) is 134 Å². The van der Waals surface area contributed by atoms with Crippen molar-refractivity contribution < 1.29 is 86.0 Å². The van der Waals surface area contributed by atoms with Crippen molar-refractivity contribution in [3.63, 3.8) is 0 Å². The summed E-state index contributed by atoms with van der Waals surface area (Å²) in [5, 5.41) is 44.6. The van der Waals surface area contributed by atoms with Crippen LogP contribution in [0.3, 0.4) is 0 Å². The maximum Gasteiger partial charge on any atom is 0.490 e. The summed E-state index contributed by atoms with van der Waals surface area (Å²) in [6.45, 7) is 6.44. The predicted octanol–water partition coefficient (Wildman–Crippen LogP) is -1.81. The summed E-state index contributed by atoms with van der Waals surface area (Å²) in [5.74, 6) is -11.5. The molecular weight excluding hydrogens is 1040 g/mol. The van der Waals surface area contributed by atoms with Crippen LogP contribution < -0.4 is 53.4 Å². The van der Waals surface area contributed by atoms with Gasteiger partial charge in [-0.3, -0.25) is 47.9 Å². The van der Waals surface area contributed by atoms with Gasteiger partial charge in [0.15, 0.2) is 0 Å². The highest BCUT2D eigenvalue weighted by Crippen LogP contribution is 2.26. The summed E-state index contributed by atoms with van der Waals surface area (Å²) >= 11 is 0. The van der Waals surface area contributed by atoms with Crippen molar-refractivity contribution in [1.82, 2.24) is 42.1 Å². The standard InChI is InChI=1S/C43H66N10O13S2.C2HF3O2/c1-5-23(3)35-41(63)52-36(24(4)54)42(64)49-29(20-32(45)55)38(60)50-30(43(65)53-17-8-10-31(53)40(62)48-27(9-7-16-44)37(59)46-21-34(57)58)22-68-67-18-15-33(56)47-28(39(61)51-35)19-25-11-13-26(14-12-25)66-6-2;3-2(4,5)1(6)7/h11-14,23-24,27-31,35-36,54H,5-10,15-22,44H2,1-4H3,(H2,45,55)(H,46,59)(H,47,56)(H,48,62)(H,49,64)(H,50,60)(H,51,61)(H,52,63)(H,57,58);(H,6,7)/t23-,24+,27-,28+,29-,30-,31-,35-,36-;/m0./s1. The zero-order valence-corrected chi connectivity index (χ0v) is 43.3. The van der Waals surface area contributed by atoms with Gasteiger partial charge in [0.2, 0.25) is 53.2 Å². The molecule has 0 unspecified atom stereocenters. The van der Waals surface area contributed by atoms with Crippen LogP contribution in [0.25, 0.3) is 0 Å². The molecular formula is C45H67F3N10O15S2. The Morgan fingerprint density at radius 3 is 2.05 bits per heavy atom. The average Bonchev–Trinajstić information content (AvgIpc) is 3.84. The number of halogens is 3. The van der Waals surface area contributed by atoms with E-state index in [9.17, 15) is 66.2 Å². The van der Waals surface area contributed by atoms with Crippen molar-refractivity contribution in [1.29, 1.82) is 0 Å². The second-order valence-corrected chi connectivity index (χ2v) is 19.9. The van der Waals surface area contributed by atoms with Gasteiger partial charge in [0, 0.05) is 30.9 Å². The number of carboxylic acids is 2. The summed E-state index contributed by atoms with van der Waals surface area (Å²) in [7, 11) is 2.25. The van der Waals surface area contributed by atoms with Gasteiger partial charge in [-0.2, -0.15) is 13.2 Å². The highest BCUT2D eigenvalue weighted by molar-refractivity contribution is 8.76. The summed E-state index contributed by atoms with van der Waals surface area (Å²) < 4.78 is 37.3. The number of carbonyl (C=O) groups excluding carboxylic acids is 9. The van der Waals surface area contributed by atoms with Crippen molar-refractivity contribution in [3.8, 4) is 5.75 Å². The first kappa shape index (κ1) is 64.7. The summed E-state index contributed by atoms with van der Waals surface area (Å²) in [6, 6.07) is -2.75. The van der Waals surface area contributed by atoms with Crippen LogP contribution in [0.1, 0.15) is 78.2 Å². The van der Waals surface area contributed by atoms with E-state index < -0.39 is 139 Å². The number of nitrogens with zero attached hydrogens (tertiary/aromatic N) is 1. The molecule has 2 aliphatic heterocycles. The third-order valence-corrected chi connectivity index (χ3v) is 13.8. The highest BCUT2D eigenvalue weighted by Gasteiger charge is 2.41. The maximum atomic E-state index is 14.4. The molecule has 0 spiro atoms. The molecule has 1 aromatic carbocycles. The van der Waals surface area contributed by atoms with Crippen molar-refractivity contribution >= 4 is 86.7 Å². The molecule has 0 bridgehead atoms. The molecule has 0 aliphatic carbocycles. The van der Waals surface area contributed by atoms with Crippen LogP contribution in [0.2, 0.25) is 0 Å². The maximum absolute atomic E-state index is 14.4. The predicted molar refractivity (Wildman–Crippen MR) is 265 cm³/mol. The fraction of sp³-hybridized carbons (Fsp3) is 0.622. The largest absolute Gasteiger partial charge is 0.494 e. The van der Waals surface area contributed by atoms with Crippen LogP contribution in [-0.2, 0) is 59.2 Å². The first-order valence-electron chi connectivity index (χ1n) is 23.8.